The van der Waals surface area contributed by atoms with Gasteiger partial charge in [-0.2, -0.15) is 0 Å². The molecule has 0 aliphatic rings. The lowest BCUT2D eigenvalue weighted by molar-refractivity contribution is 0.234. The highest BCUT2D eigenvalue weighted by Gasteiger charge is 2.01. The molecule has 1 rings (SSSR count). The van der Waals surface area contributed by atoms with Crippen LogP contribution in [0.2, 0.25) is 0 Å². The minimum atomic E-state index is -0.178. The molecule has 3 heteroatoms. The van der Waals surface area contributed by atoms with E-state index in [9.17, 15) is 4.39 Å². The van der Waals surface area contributed by atoms with E-state index in [0.717, 1.165) is 25.1 Å². The van der Waals surface area contributed by atoms with E-state index in [2.05, 4.69) is 5.32 Å². The van der Waals surface area contributed by atoms with Gasteiger partial charge in [0, 0.05) is 6.61 Å². The van der Waals surface area contributed by atoms with Gasteiger partial charge in [-0.15, -0.1) is 0 Å². The Bertz CT molecular complexity index is 328. The van der Waals surface area contributed by atoms with E-state index in [1.807, 2.05) is 19.9 Å². The summed E-state index contributed by atoms with van der Waals surface area (Å²) in [7, 11) is 0. The molecule has 2 nitrogen and oxygen atoms in total. The lowest BCUT2D eigenvalue weighted by atomic mass is 10.1. The summed E-state index contributed by atoms with van der Waals surface area (Å²) in [6, 6.07) is 4.90. The number of nitrogens with one attached hydrogen (secondary N) is 1. The van der Waals surface area contributed by atoms with Crippen molar-refractivity contribution in [3.05, 3.63) is 35.1 Å². The predicted molar refractivity (Wildman–Crippen MR) is 64.0 cm³/mol. The maximum Gasteiger partial charge on any atom is 0.123 e. The monoisotopic (exact) mass is 225 g/mol. The molecule has 0 heterocycles. The first-order chi connectivity index (χ1) is 7.63. The van der Waals surface area contributed by atoms with Crippen LogP contribution in [0.4, 0.5) is 4.39 Å². The molecule has 1 aromatic rings. The largest absolute Gasteiger partial charge is 0.396 e. The Morgan fingerprint density at radius 2 is 2.19 bits per heavy atom. The van der Waals surface area contributed by atoms with E-state index in [0.29, 0.717) is 0 Å². The zero-order valence-corrected chi connectivity index (χ0v) is 9.96. The Kier molecular flexibility index (Phi) is 5.43. The summed E-state index contributed by atoms with van der Waals surface area (Å²) in [5, 5.41) is 12.1. The molecule has 2 N–H and O–H groups in total. The van der Waals surface area contributed by atoms with Crippen molar-refractivity contribution in [1.82, 2.24) is 5.32 Å². The smallest absolute Gasteiger partial charge is 0.123 e. The number of hydrogen-bond acceptors (Lipinski definition) is 2. The summed E-state index contributed by atoms with van der Waals surface area (Å²) in [4.78, 5) is 0. The van der Waals surface area contributed by atoms with Crippen LogP contribution in [-0.2, 0) is 6.42 Å². The molecule has 1 atom stereocenters. The van der Waals surface area contributed by atoms with E-state index in [4.69, 9.17) is 5.11 Å². The van der Waals surface area contributed by atoms with Gasteiger partial charge in [0.2, 0.25) is 0 Å². The fourth-order valence-electron chi connectivity index (χ4n) is 1.58. The molecule has 1 aromatic carbocycles. The fraction of sp³-hybridized carbons (Fsp3) is 0.538. The molecule has 1 unspecified atom stereocenters. The van der Waals surface area contributed by atoms with E-state index in [-0.39, 0.29) is 18.3 Å². The van der Waals surface area contributed by atoms with Crippen molar-refractivity contribution < 1.29 is 9.50 Å². The van der Waals surface area contributed by atoms with Crippen molar-refractivity contribution in [3.8, 4) is 0 Å². The Balaban J connectivity index is 2.32. The normalized spacial score (nSPS) is 12.8. The molecule has 0 bridgehead atoms. The molecule has 90 valence electrons. The third-order valence-corrected chi connectivity index (χ3v) is 2.68. The Hall–Kier alpha value is -0.930. The predicted octanol–water partition coefficient (Wildman–Crippen LogP) is 1.89. The zero-order chi connectivity index (χ0) is 12.0. The lowest BCUT2D eigenvalue weighted by Crippen LogP contribution is -2.25. The zero-order valence-electron chi connectivity index (χ0n) is 9.96. The van der Waals surface area contributed by atoms with E-state index < -0.39 is 0 Å². The summed E-state index contributed by atoms with van der Waals surface area (Å²) in [6.45, 7) is 5.81. The molecule has 0 fully saturated rings. The van der Waals surface area contributed by atoms with Crippen LogP contribution in [0.15, 0.2) is 18.2 Å². The Labute approximate surface area is 96.5 Å². The average molecular weight is 225 g/mol. The first-order valence-corrected chi connectivity index (χ1v) is 5.70. The molecule has 0 radical (unpaired) electrons. The maximum absolute atomic E-state index is 12.8. The van der Waals surface area contributed by atoms with Gasteiger partial charge in [-0.25, -0.2) is 4.39 Å². The second-order valence-corrected chi connectivity index (χ2v) is 4.31. The Morgan fingerprint density at radius 1 is 1.44 bits per heavy atom. The van der Waals surface area contributed by atoms with Crippen LogP contribution in [-0.4, -0.2) is 24.8 Å². The minimum absolute atomic E-state index is 0.178. The molecular weight excluding hydrogens is 205 g/mol. The van der Waals surface area contributed by atoms with E-state index in [1.165, 1.54) is 11.6 Å². The summed E-state index contributed by atoms with van der Waals surface area (Å²) in [6.07, 6.45) is 0.893. The van der Waals surface area contributed by atoms with Gasteiger partial charge < -0.3 is 10.4 Å². The SMILES string of the molecule is Cc1cc(F)ccc1CCNCC(C)CO. The summed E-state index contributed by atoms with van der Waals surface area (Å²) < 4.78 is 12.8. The second-order valence-electron chi connectivity index (χ2n) is 4.31. The number of benzene rings is 1. The standard InChI is InChI=1S/C13H20FNO/c1-10(9-16)8-15-6-5-12-3-4-13(14)7-11(12)2/h3-4,7,10,15-16H,5-6,8-9H2,1-2H3. The quantitative estimate of drug-likeness (QED) is 0.725. The van der Waals surface area contributed by atoms with Crippen molar-refractivity contribution in [2.45, 2.75) is 20.3 Å². The van der Waals surface area contributed by atoms with Crippen LogP contribution >= 0.6 is 0 Å². The van der Waals surface area contributed by atoms with Crippen molar-refractivity contribution in [2.24, 2.45) is 5.92 Å². The van der Waals surface area contributed by atoms with Crippen molar-refractivity contribution >= 4 is 0 Å². The maximum atomic E-state index is 12.8. The van der Waals surface area contributed by atoms with Crippen molar-refractivity contribution in [1.29, 1.82) is 0 Å². The molecule has 0 amide bonds. The first-order valence-electron chi connectivity index (χ1n) is 5.70. The van der Waals surface area contributed by atoms with Gasteiger partial charge in [-0.3, -0.25) is 0 Å². The molecule has 0 aliphatic carbocycles. The van der Waals surface area contributed by atoms with Gasteiger partial charge in [-0.1, -0.05) is 13.0 Å². The number of rotatable bonds is 6. The fourth-order valence-corrected chi connectivity index (χ4v) is 1.58. The van der Waals surface area contributed by atoms with Gasteiger partial charge >= 0.3 is 0 Å². The molecule has 0 saturated heterocycles. The average Bonchev–Trinajstić information content (AvgIpc) is 2.26. The molecule has 16 heavy (non-hydrogen) atoms. The Morgan fingerprint density at radius 3 is 2.81 bits per heavy atom. The summed E-state index contributed by atoms with van der Waals surface area (Å²) in [5.74, 6) is 0.109. The molecule has 0 aliphatic heterocycles. The van der Waals surface area contributed by atoms with Gasteiger partial charge in [0.05, 0.1) is 0 Å². The number of aliphatic hydroxyl groups excluding tert-OH is 1. The van der Waals surface area contributed by atoms with Crippen LogP contribution in [0.5, 0.6) is 0 Å². The van der Waals surface area contributed by atoms with Crippen LogP contribution < -0.4 is 5.32 Å². The van der Waals surface area contributed by atoms with E-state index >= 15 is 0 Å². The lowest BCUT2D eigenvalue weighted by Gasteiger charge is -2.10. The highest BCUT2D eigenvalue weighted by Crippen LogP contribution is 2.10. The summed E-state index contributed by atoms with van der Waals surface area (Å²) in [5.41, 5.74) is 2.17. The van der Waals surface area contributed by atoms with Crippen LogP contribution in [0, 0.1) is 18.7 Å². The molecule has 0 saturated carbocycles. The molecule has 0 aromatic heterocycles. The van der Waals surface area contributed by atoms with Crippen molar-refractivity contribution in [3.63, 3.8) is 0 Å². The molecule has 0 spiro atoms. The first kappa shape index (κ1) is 13.1. The second kappa shape index (κ2) is 6.61. The van der Waals surface area contributed by atoms with Gasteiger partial charge in [-0.05, 0) is 55.6 Å². The third kappa shape index (κ3) is 4.29. The summed E-state index contributed by atoms with van der Waals surface area (Å²) >= 11 is 0. The number of aliphatic hydroxyl groups is 1. The van der Waals surface area contributed by atoms with Gasteiger partial charge in [0.15, 0.2) is 0 Å². The van der Waals surface area contributed by atoms with Gasteiger partial charge in [0.1, 0.15) is 5.82 Å². The topological polar surface area (TPSA) is 32.3 Å². The molecular formula is C13H20FNO. The highest BCUT2D eigenvalue weighted by atomic mass is 19.1. The highest BCUT2D eigenvalue weighted by molar-refractivity contribution is 5.26. The minimum Gasteiger partial charge on any atom is -0.396 e. The van der Waals surface area contributed by atoms with E-state index in [1.54, 1.807) is 6.07 Å². The number of hydrogen-bond donors (Lipinski definition) is 2. The third-order valence-electron chi connectivity index (χ3n) is 2.68. The number of halogens is 1. The van der Waals surface area contributed by atoms with Crippen molar-refractivity contribution in [2.75, 3.05) is 19.7 Å². The van der Waals surface area contributed by atoms with Crippen LogP contribution in [0.1, 0.15) is 18.1 Å². The van der Waals surface area contributed by atoms with Crippen LogP contribution in [0.25, 0.3) is 0 Å². The number of aryl methyl sites for hydroxylation is 1. The van der Waals surface area contributed by atoms with Gasteiger partial charge in [0.25, 0.3) is 0 Å². The van der Waals surface area contributed by atoms with Crippen LogP contribution in [0.3, 0.4) is 0 Å².